The monoisotopic (exact) mass is 604 g/mol. The van der Waals surface area contributed by atoms with E-state index < -0.39 is 11.3 Å². The summed E-state index contributed by atoms with van der Waals surface area (Å²) in [6, 6.07) is 4.21. The molecule has 2 aliphatic heterocycles. The van der Waals surface area contributed by atoms with Crippen molar-refractivity contribution in [3.8, 4) is 5.75 Å². The van der Waals surface area contributed by atoms with Gasteiger partial charge in [0.05, 0.1) is 25.5 Å². The average molecular weight is 605 g/mol. The van der Waals surface area contributed by atoms with Gasteiger partial charge in [0.1, 0.15) is 10.8 Å². The third kappa shape index (κ3) is 7.86. The second kappa shape index (κ2) is 14.1. The van der Waals surface area contributed by atoms with Crippen LogP contribution in [0.5, 0.6) is 5.75 Å². The molecule has 0 bridgehead atoms. The molecular formula is C28H39ClN7O4S-. The third-order valence-electron chi connectivity index (χ3n) is 8.42. The van der Waals surface area contributed by atoms with Crippen LogP contribution in [0.15, 0.2) is 18.3 Å². The Kier molecular flexibility index (Phi) is 10.3. The molecule has 3 N–H and O–H groups in total. The fraction of sp³-hybridized carbons (Fsp3) is 0.607. The van der Waals surface area contributed by atoms with Crippen molar-refractivity contribution >= 4 is 46.2 Å². The van der Waals surface area contributed by atoms with Gasteiger partial charge >= 0.3 is 0 Å². The van der Waals surface area contributed by atoms with Crippen molar-refractivity contribution in [2.75, 3.05) is 57.0 Å². The van der Waals surface area contributed by atoms with Crippen LogP contribution in [0, 0.1) is 5.92 Å². The summed E-state index contributed by atoms with van der Waals surface area (Å²) in [6.07, 6.45) is 9.39. The van der Waals surface area contributed by atoms with Gasteiger partial charge in [0, 0.05) is 50.0 Å². The van der Waals surface area contributed by atoms with E-state index in [-0.39, 0.29) is 17.9 Å². The van der Waals surface area contributed by atoms with E-state index in [1.807, 2.05) is 4.90 Å². The number of nitrogens with one attached hydrogen (secondary N) is 3. The van der Waals surface area contributed by atoms with Crippen molar-refractivity contribution in [2.24, 2.45) is 5.92 Å². The van der Waals surface area contributed by atoms with E-state index in [4.69, 9.17) is 16.3 Å². The number of amides is 1. The van der Waals surface area contributed by atoms with Crippen LogP contribution in [-0.2, 0) is 28.9 Å². The summed E-state index contributed by atoms with van der Waals surface area (Å²) in [7, 11) is 1.65. The van der Waals surface area contributed by atoms with Crippen LogP contribution in [0.25, 0.3) is 0 Å². The number of hydrogen-bond acceptors (Lipinski definition) is 9. The minimum absolute atomic E-state index is 0.0439. The smallest absolute Gasteiger partial charge is 0.236 e. The molecule has 1 saturated carbocycles. The van der Waals surface area contributed by atoms with E-state index >= 15 is 0 Å². The number of fused-ring (bicyclic) bond motifs is 1. The number of halogens is 1. The van der Waals surface area contributed by atoms with Crippen LogP contribution in [0.1, 0.15) is 49.7 Å². The predicted octanol–water partition coefficient (Wildman–Crippen LogP) is 3.26. The Morgan fingerprint density at radius 2 is 1.85 bits per heavy atom. The zero-order chi connectivity index (χ0) is 28.8. The summed E-state index contributed by atoms with van der Waals surface area (Å²) in [5, 5.41) is 7.16. The number of aromatic nitrogens is 2. The van der Waals surface area contributed by atoms with Crippen LogP contribution in [-0.4, -0.2) is 86.9 Å². The maximum Gasteiger partial charge on any atom is 0.236 e. The van der Waals surface area contributed by atoms with Crippen molar-refractivity contribution in [3.63, 3.8) is 0 Å². The number of rotatable bonds is 10. The molecule has 13 heteroatoms. The van der Waals surface area contributed by atoms with E-state index in [0.717, 1.165) is 83.2 Å². The largest absolute Gasteiger partial charge is 0.760 e. The molecule has 2 fully saturated rings. The number of carbonyl (C=O) groups is 1. The van der Waals surface area contributed by atoms with Crippen molar-refractivity contribution in [2.45, 2.75) is 57.4 Å². The Morgan fingerprint density at radius 3 is 2.59 bits per heavy atom. The topological polar surface area (TPSA) is 135 Å². The average Bonchev–Trinajstić information content (AvgIpc) is 3.44. The minimum Gasteiger partial charge on any atom is -0.760 e. The molecule has 2 aromatic rings. The van der Waals surface area contributed by atoms with Crippen molar-refractivity contribution < 1.29 is 18.3 Å². The van der Waals surface area contributed by atoms with Crippen LogP contribution in [0.4, 0.5) is 17.5 Å². The van der Waals surface area contributed by atoms with Gasteiger partial charge in [0.15, 0.2) is 5.82 Å². The van der Waals surface area contributed by atoms with Crippen LogP contribution < -0.4 is 20.1 Å². The summed E-state index contributed by atoms with van der Waals surface area (Å²) in [5.74, 6) is 1.96. The van der Waals surface area contributed by atoms with E-state index in [2.05, 4.69) is 42.4 Å². The minimum atomic E-state index is -2.29. The molecule has 1 amide bonds. The zero-order valence-electron chi connectivity index (χ0n) is 23.5. The number of methoxy groups -OCH3 is 1. The van der Waals surface area contributed by atoms with Crippen molar-refractivity contribution in [1.29, 1.82) is 0 Å². The van der Waals surface area contributed by atoms with Gasteiger partial charge in [-0.15, -0.1) is 0 Å². The number of ether oxygens (including phenoxy) is 1. The van der Waals surface area contributed by atoms with Crippen LogP contribution in [0.2, 0.25) is 5.02 Å². The van der Waals surface area contributed by atoms with Gasteiger partial charge < -0.3 is 24.8 Å². The van der Waals surface area contributed by atoms with Crippen LogP contribution >= 0.6 is 11.6 Å². The Hall–Kier alpha value is -2.51. The van der Waals surface area contributed by atoms with E-state index in [1.165, 1.54) is 11.1 Å². The maximum atomic E-state index is 12.7. The molecule has 1 unspecified atom stereocenters. The van der Waals surface area contributed by atoms with Gasteiger partial charge in [-0.05, 0) is 67.7 Å². The lowest BCUT2D eigenvalue weighted by Crippen LogP contribution is -2.40. The highest BCUT2D eigenvalue weighted by Crippen LogP contribution is 2.34. The number of nitrogens with zero attached hydrogens (tertiary/aromatic N) is 4. The molecule has 0 spiro atoms. The number of hydrogen-bond donors (Lipinski definition) is 3. The number of likely N-dealkylation sites (tertiary alicyclic amines) is 1. The maximum absolute atomic E-state index is 12.7. The first-order valence-corrected chi connectivity index (χ1v) is 15.9. The van der Waals surface area contributed by atoms with Gasteiger partial charge in [0.2, 0.25) is 11.9 Å². The Balaban J connectivity index is 1.27. The second-order valence-electron chi connectivity index (χ2n) is 11.1. The molecule has 3 heterocycles. The lowest BCUT2D eigenvalue weighted by atomic mass is 9.84. The molecule has 3 aliphatic rings. The van der Waals surface area contributed by atoms with Crippen LogP contribution in [0.3, 0.4) is 0 Å². The van der Waals surface area contributed by atoms with Crippen molar-refractivity contribution in [1.82, 2.24) is 24.5 Å². The number of benzene rings is 1. The van der Waals surface area contributed by atoms with Gasteiger partial charge in [-0.3, -0.25) is 13.9 Å². The first kappa shape index (κ1) is 30.0. The molecule has 1 aromatic carbocycles. The summed E-state index contributed by atoms with van der Waals surface area (Å²) in [4.78, 5) is 26.0. The highest BCUT2D eigenvalue weighted by Gasteiger charge is 2.27. The van der Waals surface area contributed by atoms with Gasteiger partial charge in [-0.1, -0.05) is 24.4 Å². The second-order valence-corrected chi connectivity index (χ2v) is 12.2. The van der Waals surface area contributed by atoms with E-state index in [1.54, 1.807) is 13.3 Å². The normalized spacial score (nSPS) is 22.1. The molecule has 3 atom stereocenters. The predicted molar refractivity (Wildman–Crippen MR) is 159 cm³/mol. The number of anilines is 3. The Labute approximate surface area is 249 Å². The van der Waals surface area contributed by atoms with E-state index in [0.29, 0.717) is 35.6 Å². The fourth-order valence-electron chi connectivity index (χ4n) is 6.13. The van der Waals surface area contributed by atoms with Gasteiger partial charge in [0.25, 0.3) is 0 Å². The molecule has 0 radical (unpaired) electrons. The molecule has 1 saturated heterocycles. The van der Waals surface area contributed by atoms with Gasteiger partial charge in [-0.2, -0.15) is 4.98 Å². The quantitative estimate of drug-likeness (QED) is 0.349. The molecule has 1 aliphatic carbocycles. The van der Waals surface area contributed by atoms with E-state index in [9.17, 15) is 13.6 Å². The molecule has 41 heavy (non-hydrogen) atoms. The fourth-order valence-corrected chi connectivity index (χ4v) is 6.62. The Bertz CT molecular complexity index is 1250. The summed E-state index contributed by atoms with van der Waals surface area (Å²) in [5.41, 5.74) is 3.20. The zero-order valence-corrected chi connectivity index (χ0v) is 25.1. The van der Waals surface area contributed by atoms with Crippen molar-refractivity contribution in [3.05, 3.63) is 34.5 Å². The number of carbonyl (C=O) groups excluding carboxylic acids is 1. The molecule has 1 aromatic heterocycles. The summed E-state index contributed by atoms with van der Waals surface area (Å²) >= 11 is 4.18. The lowest BCUT2D eigenvalue weighted by molar-refractivity contribution is -0.131. The highest BCUT2D eigenvalue weighted by molar-refractivity contribution is 7.77. The summed E-state index contributed by atoms with van der Waals surface area (Å²) in [6.45, 7) is 4.26. The molecule has 5 rings (SSSR count). The first-order valence-electron chi connectivity index (χ1n) is 14.5. The van der Waals surface area contributed by atoms with Gasteiger partial charge in [-0.25, -0.2) is 9.71 Å². The SMILES string of the molecule is COc1cc2c(cc1Nc1ncc(Cl)c(N[C@@H]3CCCC[C@@H]3CNS(=O)[O-])n1)CCN(CC(=O)N1CCCC1)CC2. The Morgan fingerprint density at radius 1 is 1.12 bits per heavy atom. The lowest BCUT2D eigenvalue weighted by Gasteiger charge is -2.33. The molecule has 11 nitrogen and oxygen atoms in total. The standard InChI is InChI=1S/C28H40ClN7O4S/c1-40-25-15-20-9-13-35(18-26(37)36-10-4-5-11-36)12-8-19(20)14-24(25)33-28-30-17-22(29)27(34-28)32-23-7-3-2-6-21(23)16-31-41(38)39/h14-15,17,21,23,31H,2-13,16,18H2,1H3,(H,38,39)(H2,30,32,33,34)/p-1/t21-,23-/m1/s1. The molecular weight excluding hydrogens is 566 g/mol. The summed E-state index contributed by atoms with van der Waals surface area (Å²) < 4.78 is 30.3. The molecule has 224 valence electrons. The first-order chi connectivity index (χ1) is 19.9. The third-order valence-corrected chi connectivity index (χ3v) is 9.10. The highest BCUT2D eigenvalue weighted by atomic mass is 35.5.